The number of hydrogen-bond acceptors (Lipinski definition) is 4. The lowest BCUT2D eigenvalue weighted by Gasteiger charge is -2.20. The Morgan fingerprint density at radius 1 is 1.76 bits per heavy atom. The van der Waals surface area contributed by atoms with Gasteiger partial charge in [0.15, 0.2) is 0 Å². The maximum atomic E-state index is 11.7. The van der Waals surface area contributed by atoms with Crippen LogP contribution in [-0.2, 0) is 14.3 Å². The number of nitriles is 1. The van der Waals surface area contributed by atoms with Gasteiger partial charge in [-0.3, -0.25) is 9.59 Å². The van der Waals surface area contributed by atoms with Crippen molar-refractivity contribution >= 4 is 12.3 Å². The molecule has 0 aromatic heterocycles. The highest BCUT2D eigenvalue weighted by Gasteiger charge is 2.37. The van der Waals surface area contributed by atoms with Gasteiger partial charge in [0.25, 0.3) is 0 Å². The van der Waals surface area contributed by atoms with Crippen molar-refractivity contribution in [2.24, 2.45) is 5.92 Å². The maximum absolute atomic E-state index is 11.7. The summed E-state index contributed by atoms with van der Waals surface area (Å²) in [4.78, 5) is 23.4. The first-order chi connectivity index (χ1) is 8.13. The first kappa shape index (κ1) is 13.5. The van der Waals surface area contributed by atoms with Gasteiger partial charge in [-0.1, -0.05) is 0 Å². The van der Waals surface area contributed by atoms with Crippen molar-refractivity contribution in [3.8, 4) is 6.07 Å². The van der Waals surface area contributed by atoms with Gasteiger partial charge in [-0.05, 0) is 13.3 Å². The molecule has 1 fully saturated rings. The number of methoxy groups -OCH3 is 1. The van der Waals surface area contributed by atoms with Gasteiger partial charge in [-0.15, -0.1) is 0 Å². The molecule has 1 saturated heterocycles. The number of amides is 2. The summed E-state index contributed by atoms with van der Waals surface area (Å²) in [6.07, 6.45) is 1.12. The highest BCUT2D eigenvalue weighted by Crippen LogP contribution is 2.26. The van der Waals surface area contributed by atoms with Crippen LogP contribution in [-0.4, -0.2) is 49.6 Å². The van der Waals surface area contributed by atoms with E-state index in [0.717, 1.165) is 0 Å². The fraction of sp³-hybridized carbons (Fsp3) is 0.727. The zero-order chi connectivity index (χ0) is 12.8. The van der Waals surface area contributed by atoms with Crippen LogP contribution in [0.1, 0.15) is 13.3 Å². The Balaban J connectivity index is 2.62. The minimum absolute atomic E-state index is 0.0164. The van der Waals surface area contributed by atoms with Crippen molar-refractivity contribution in [2.45, 2.75) is 25.5 Å². The standard InChI is InChI=1S/C11H17N3O3/c1-8(17-2)9-3-10(4-12)14(6-9)11(16)5-13-7-15/h7-10H,3,5-6H2,1-2H3,(H,13,15). The second-order valence-electron chi connectivity index (χ2n) is 4.13. The number of nitrogens with zero attached hydrogens (tertiary/aromatic N) is 2. The van der Waals surface area contributed by atoms with E-state index in [0.29, 0.717) is 19.4 Å². The van der Waals surface area contributed by atoms with E-state index >= 15 is 0 Å². The average Bonchev–Trinajstić information content (AvgIpc) is 2.79. The minimum atomic E-state index is -0.418. The quantitative estimate of drug-likeness (QED) is 0.656. The van der Waals surface area contributed by atoms with Crippen molar-refractivity contribution in [3.63, 3.8) is 0 Å². The van der Waals surface area contributed by atoms with Gasteiger partial charge < -0.3 is 15.0 Å². The topological polar surface area (TPSA) is 82.4 Å². The summed E-state index contributed by atoms with van der Waals surface area (Å²) in [7, 11) is 1.62. The predicted molar refractivity (Wildman–Crippen MR) is 59.8 cm³/mol. The number of ether oxygens (including phenoxy) is 1. The Hall–Kier alpha value is -1.61. The largest absolute Gasteiger partial charge is 0.381 e. The lowest BCUT2D eigenvalue weighted by Crippen LogP contribution is -2.40. The number of carbonyl (C=O) groups excluding carboxylic acids is 2. The third-order valence-electron chi connectivity index (χ3n) is 3.18. The SMILES string of the molecule is COC(C)C1CC(C#N)N(C(=O)CNC=O)C1. The van der Waals surface area contributed by atoms with E-state index in [1.807, 2.05) is 6.92 Å². The van der Waals surface area contributed by atoms with Crippen LogP contribution in [0.25, 0.3) is 0 Å². The molecule has 1 N–H and O–H groups in total. The molecule has 6 heteroatoms. The summed E-state index contributed by atoms with van der Waals surface area (Å²) in [5, 5.41) is 11.3. The van der Waals surface area contributed by atoms with Crippen LogP contribution in [0.4, 0.5) is 0 Å². The Kier molecular flexibility index (Phi) is 4.91. The first-order valence-corrected chi connectivity index (χ1v) is 5.53. The molecule has 1 heterocycles. The van der Waals surface area contributed by atoms with Crippen LogP contribution in [0, 0.1) is 17.2 Å². The Morgan fingerprint density at radius 3 is 3.00 bits per heavy atom. The maximum Gasteiger partial charge on any atom is 0.243 e. The molecule has 3 atom stereocenters. The summed E-state index contributed by atoms with van der Waals surface area (Å²) < 4.78 is 5.22. The van der Waals surface area contributed by atoms with Crippen molar-refractivity contribution in [1.29, 1.82) is 5.26 Å². The molecule has 6 nitrogen and oxygen atoms in total. The van der Waals surface area contributed by atoms with Crippen LogP contribution in [0.3, 0.4) is 0 Å². The summed E-state index contributed by atoms with van der Waals surface area (Å²) in [6.45, 7) is 2.37. The molecule has 1 rings (SSSR count). The molecule has 0 aliphatic carbocycles. The minimum Gasteiger partial charge on any atom is -0.381 e. The van der Waals surface area contributed by atoms with Gasteiger partial charge in [0, 0.05) is 19.6 Å². The Morgan fingerprint density at radius 2 is 2.47 bits per heavy atom. The zero-order valence-corrected chi connectivity index (χ0v) is 10.0. The van der Waals surface area contributed by atoms with Crippen molar-refractivity contribution < 1.29 is 14.3 Å². The molecule has 3 unspecified atom stereocenters. The average molecular weight is 239 g/mol. The molecule has 1 aliphatic rings. The number of carbonyl (C=O) groups is 2. The van der Waals surface area contributed by atoms with Crippen LogP contribution >= 0.6 is 0 Å². The van der Waals surface area contributed by atoms with Crippen molar-refractivity contribution in [3.05, 3.63) is 0 Å². The third-order valence-corrected chi connectivity index (χ3v) is 3.18. The molecule has 17 heavy (non-hydrogen) atoms. The first-order valence-electron chi connectivity index (χ1n) is 5.53. The van der Waals surface area contributed by atoms with Crippen molar-refractivity contribution in [2.75, 3.05) is 20.2 Å². The normalized spacial score (nSPS) is 25.1. The number of likely N-dealkylation sites (tertiary alicyclic amines) is 1. The Bertz CT molecular complexity index is 326. The predicted octanol–water partition coefficient (Wildman–Crippen LogP) is -0.492. The van der Waals surface area contributed by atoms with Crippen molar-refractivity contribution in [1.82, 2.24) is 10.2 Å². The van der Waals surface area contributed by atoms with E-state index in [1.54, 1.807) is 7.11 Å². The van der Waals surface area contributed by atoms with Gasteiger partial charge in [-0.2, -0.15) is 5.26 Å². The van der Waals surface area contributed by atoms with Gasteiger partial charge in [-0.25, -0.2) is 0 Å². The van der Waals surface area contributed by atoms with Gasteiger partial charge in [0.2, 0.25) is 12.3 Å². The highest BCUT2D eigenvalue weighted by molar-refractivity contribution is 5.80. The smallest absolute Gasteiger partial charge is 0.243 e. The van der Waals surface area contributed by atoms with Crippen LogP contribution in [0.5, 0.6) is 0 Å². The second kappa shape index (κ2) is 6.21. The fourth-order valence-electron chi connectivity index (χ4n) is 2.03. The molecule has 1 aliphatic heterocycles. The lowest BCUT2D eigenvalue weighted by molar-refractivity contribution is -0.131. The number of hydrogen-bond donors (Lipinski definition) is 1. The fourth-order valence-corrected chi connectivity index (χ4v) is 2.03. The van der Waals surface area contributed by atoms with E-state index in [4.69, 9.17) is 10.00 Å². The van der Waals surface area contributed by atoms with E-state index in [9.17, 15) is 9.59 Å². The van der Waals surface area contributed by atoms with Gasteiger partial charge >= 0.3 is 0 Å². The summed E-state index contributed by atoms with van der Waals surface area (Å²) in [5.41, 5.74) is 0. The molecule has 2 amide bonds. The van der Waals surface area contributed by atoms with E-state index < -0.39 is 6.04 Å². The van der Waals surface area contributed by atoms with E-state index in [1.165, 1.54) is 4.90 Å². The summed E-state index contributed by atoms with van der Waals surface area (Å²) >= 11 is 0. The summed E-state index contributed by atoms with van der Waals surface area (Å²) in [6, 6.07) is 1.70. The van der Waals surface area contributed by atoms with E-state index in [-0.39, 0.29) is 24.5 Å². The highest BCUT2D eigenvalue weighted by atomic mass is 16.5. The molecular weight excluding hydrogens is 222 g/mol. The van der Waals surface area contributed by atoms with Crippen LogP contribution in [0.2, 0.25) is 0 Å². The molecule has 0 spiro atoms. The molecule has 0 aromatic carbocycles. The summed E-state index contributed by atoms with van der Waals surface area (Å²) in [5.74, 6) is -0.0562. The Labute approximate surface area is 101 Å². The third kappa shape index (κ3) is 3.17. The molecule has 0 aromatic rings. The molecule has 94 valence electrons. The zero-order valence-electron chi connectivity index (χ0n) is 10.0. The molecule has 0 radical (unpaired) electrons. The van der Waals surface area contributed by atoms with Crippen LogP contribution in [0.15, 0.2) is 0 Å². The molecule has 0 bridgehead atoms. The molecule has 0 saturated carbocycles. The lowest BCUT2D eigenvalue weighted by atomic mass is 10.0. The van der Waals surface area contributed by atoms with E-state index in [2.05, 4.69) is 11.4 Å². The number of nitrogens with one attached hydrogen (secondary N) is 1. The monoisotopic (exact) mass is 239 g/mol. The molecular formula is C11H17N3O3. The van der Waals surface area contributed by atoms with Gasteiger partial charge in [0.05, 0.1) is 18.7 Å². The van der Waals surface area contributed by atoms with Crippen LogP contribution < -0.4 is 5.32 Å². The number of rotatable bonds is 5. The van der Waals surface area contributed by atoms with Gasteiger partial charge in [0.1, 0.15) is 6.04 Å². The second-order valence-corrected chi connectivity index (χ2v) is 4.13.